The lowest BCUT2D eigenvalue weighted by molar-refractivity contribution is 1.40. The Morgan fingerprint density at radius 1 is 0.867 bits per heavy atom. The molecule has 2 aromatic carbocycles. The van der Waals surface area contributed by atoms with Gasteiger partial charge < -0.3 is 0 Å². The first-order valence-electron chi connectivity index (χ1n) is 5.09. The van der Waals surface area contributed by atoms with Crippen molar-refractivity contribution in [3.8, 4) is 0 Å². The molecular weight excluding hydrogens is 182 g/mol. The summed E-state index contributed by atoms with van der Waals surface area (Å²) in [6, 6.07) is 14.8. The largest absolute Gasteiger partial charge is 0.256 e. The second-order valence-electron chi connectivity index (χ2n) is 3.81. The number of hydrogen-bond donors (Lipinski definition) is 0. The van der Waals surface area contributed by atoms with Crippen LogP contribution >= 0.6 is 0 Å². The number of hydrogen-bond acceptors (Lipinski definition) is 1. The van der Waals surface area contributed by atoms with Crippen molar-refractivity contribution in [1.29, 1.82) is 0 Å². The number of rotatable bonds is 0. The lowest BCUT2D eigenvalue weighted by Crippen LogP contribution is -1.83. The molecule has 3 rings (SSSR count). The van der Waals surface area contributed by atoms with Gasteiger partial charge in [-0.3, -0.25) is 4.98 Å². The zero-order valence-corrected chi connectivity index (χ0v) is 8.57. The Hall–Kier alpha value is -1.89. The third-order valence-corrected chi connectivity index (χ3v) is 2.83. The second-order valence-corrected chi connectivity index (χ2v) is 3.81. The highest BCUT2D eigenvalue weighted by molar-refractivity contribution is 6.07. The average Bonchev–Trinajstić information content (AvgIpc) is 2.30. The van der Waals surface area contributed by atoms with E-state index >= 15 is 0 Å². The maximum Gasteiger partial charge on any atom is 0.0711 e. The van der Waals surface area contributed by atoms with E-state index in [1.165, 1.54) is 21.7 Å². The van der Waals surface area contributed by atoms with Crippen LogP contribution in [0.4, 0.5) is 0 Å². The second kappa shape index (κ2) is 3.06. The minimum absolute atomic E-state index is 1.08. The minimum Gasteiger partial charge on any atom is -0.256 e. The number of nitrogens with zero attached hydrogens (tertiary/aromatic N) is 1. The summed E-state index contributed by atoms with van der Waals surface area (Å²) >= 11 is 0. The van der Waals surface area contributed by atoms with Crippen LogP contribution in [0.25, 0.3) is 21.7 Å². The summed E-state index contributed by atoms with van der Waals surface area (Å²) in [4.78, 5) is 4.39. The fourth-order valence-electron chi connectivity index (χ4n) is 2.10. The Balaban J connectivity index is 2.64. The molecule has 1 aromatic heterocycles. The molecular formula is C14H11N. The van der Waals surface area contributed by atoms with E-state index in [-0.39, 0.29) is 0 Å². The normalized spacial score (nSPS) is 11.0. The van der Waals surface area contributed by atoms with Crippen molar-refractivity contribution in [3.05, 3.63) is 54.2 Å². The first-order valence-corrected chi connectivity index (χ1v) is 5.09. The molecule has 0 amide bonds. The van der Waals surface area contributed by atoms with Crippen molar-refractivity contribution in [2.75, 3.05) is 0 Å². The van der Waals surface area contributed by atoms with Crippen LogP contribution in [-0.2, 0) is 0 Å². The van der Waals surface area contributed by atoms with Crippen LogP contribution in [-0.4, -0.2) is 4.98 Å². The summed E-state index contributed by atoms with van der Waals surface area (Å²) in [5.41, 5.74) is 2.37. The third-order valence-electron chi connectivity index (χ3n) is 2.83. The van der Waals surface area contributed by atoms with E-state index < -0.39 is 0 Å². The first-order chi connectivity index (χ1) is 7.36. The van der Waals surface area contributed by atoms with Gasteiger partial charge in [-0.2, -0.15) is 0 Å². The molecule has 0 spiro atoms. The van der Waals surface area contributed by atoms with Crippen LogP contribution in [0.3, 0.4) is 0 Å². The van der Waals surface area contributed by atoms with E-state index in [0.717, 1.165) is 5.52 Å². The van der Waals surface area contributed by atoms with Crippen LogP contribution in [0.1, 0.15) is 5.56 Å². The van der Waals surface area contributed by atoms with Crippen molar-refractivity contribution in [2.24, 2.45) is 0 Å². The van der Waals surface area contributed by atoms with E-state index in [4.69, 9.17) is 0 Å². The summed E-state index contributed by atoms with van der Waals surface area (Å²) in [5, 5.41) is 3.84. The number of aromatic nitrogens is 1. The SMILES string of the molecule is Cc1cc2ncccc2c2ccccc12. The van der Waals surface area contributed by atoms with E-state index in [2.05, 4.69) is 48.3 Å². The number of fused-ring (bicyclic) bond motifs is 3. The molecule has 0 aliphatic carbocycles. The van der Waals surface area contributed by atoms with Crippen molar-refractivity contribution in [2.45, 2.75) is 6.92 Å². The van der Waals surface area contributed by atoms with Crippen molar-refractivity contribution >= 4 is 21.7 Å². The summed E-state index contributed by atoms with van der Waals surface area (Å²) < 4.78 is 0. The molecule has 0 aliphatic rings. The number of benzene rings is 2. The zero-order valence-electron chi connectivity index (χ0n) is 8.57. The van der Waals surface area contributed by atoms with Crippen LogP contribution in [0, 0.1) is 6.92 Å². The topological polar surface area (TPSA) is 12.9 Å². The highest BCUT2D eigenvalue weighted by Crippen LogP contribution is 2.26. The smallest absolute Gasteiger partial charge is 0.0711 e. The quantitative estimate of drug-likeness (QED) is 0.496. The lowest BCUT2D eigenvalue weighted by Gasteiger charge is -2.05. The van der Waals surface area contributed by atoms with E-state index in [1.54, 1.807) is 0 Å². The monoisotopic (exact) mass is 193 g/mol. The van der Waals surface area contributed by atoms with E-state index in [0.29, 0.717) is 0 Å². The highest BCUT2D eigenvalue weighted by atomic mass is 14.6. The molecule has 0 bridgehead atoms. The molecule has 0 N–H and O–H groups in total. The molecule has 3 aromatic rings. The van der Waals surface area contributed by atoms with Gasteiger partial charge in [0.25, 0.3) is 0 Å². The van der Waals surface area contributed by atoms with Crippen LogP contribution in [0.15, 0.2) is 48.7 Å². The Labute approximate surface area is 88.4 Å². The lowest BCUT2D eigenvalue weighted by atomic mass is 10.0. The fraction of sp³-hybridized carbons (Fsp3) is 0.0714. The summed E-state index contributed by atoms with van der Waals surface area (Å²) in [6.07, 6.45) is 1.84. The summed E-state index contributed by atoms with van der Waals surface area (Å²) in [7, 11) is 0. The molecule has 1 heterocycles. The van der Waals surface area contributed by atoms with Gasteiger partial charge >= 0.3 is 0 Å². The Morgan fingerprint density at radius 3 is 2.47 bits per heavy atom. The number of pyridine rings is 1. The predicted molar refractivity (Wildman–Crippen MR) is 64.0 cm³/mol. The van der Waals surface area contributed by atoms with Crippen molar-refractivity contribution in [3.63, 3.8) is 0 Å². The zero-order chi connectivity index (χ0) is 10.3. The van der Waals surface area contributed by atoms with E-state index in [9.17, 15) is 0 Å². The van der Waals surface area contributed by atoms with Crippen LogP contribution < -0.4 is 0 Å². The average molecular weight is 193 g/mol. The van der Waals surface area contributed by atoms with Gasteiger partial charge in [0.1, 0.15) is 0 Å². The van der Waals surface area contributed by atoms with E-state index in [1.807, 2.05) is 12.3 Å². The van der Waals surface area contributed by atoms with Crippen LogP contribution in [0.2, 0.25) is 0 Å². The molecule has 1 nitrogen and oxygen atoms in total. The maximum absolute atomic E-state index is 4.39. The van der Waals surface area contributed by atoms with Gasteiger partial charge in [-0.1, -0.05) is 30.3 Å². The predicted octanol–water partition coefficient (Wildman–Crippen LogP) is 3.70. The highest BCUT2D eigenvalue weighted by Gasteiger charge is 2.02. The fourth-order valence-corrected chi connectivity index (χ4v) is 2.10. The Bertz CT molecular complexity index is 641. The van der Waals surface area contributed by atoms with Gasteiger partial charge in [-0.25, -0.2) is 0 Å². The standard InChI is InChI=1S/C14H11N/c1-10-9-14-13(7-4-8-15-14)12-6-3-2-5-11(10)12/h2-9H,1H3. The molecule has 72 valence electrons. The molecule has 0 saturated carbocycles. The van der Waals surface area contributed by atoms with Gasteiger partial charge in [0.15, 0.2) is 0 Å². The molecule has 0 radical (unpaired) electrons. The minimum atomic E-state index is 1.08. The number of aryl methyl sites for hydroxylation is 1. The van der Waals surface area contributed by atoms with Gasteiger partial charge in [-0.15, -0.1) is 0 Å². The van der Waals surface area contributed by atoms with Gasteiger partial charge in [0, 0.05) is 11.6 Å². The van der Waals surface area contributed by atoms with Crippen molar-refractivity contribution in [1.82, 2.24) is 4.98 Å². The van der Waals surface area contributed by atoms with Gasteiger partial charge in [0.05, 0.1) is 5.52 Å². The molecule has 0 aliphatic heterocycles. The summed E-state index contributed by atoms with van der Waals surface area (Å²) in [5.74, 6) is 0. The Morgan fingerprint density at radius 2 is 1.60 bits per heavy atom. The first kappa shape index (κ1) is 8.42. The van der Waals surface area contributed by atoms with Crippen molar-refractivity contribution < 1.29 is 0 Å². The molecule has 0 saturated heterocycles. The van der Waals surface area contributed by atoms with Gasteiger partial charge in [0.2, 0.25) is 0 Å². The van der Waals surface area contributed by atoms with Crippen LogP contribution in [0.5, 0.6) is 0 Å². The summed E-state index contributed by atoms with van der Waals surface area (Å²) in [6.45, 7) is 2.14. The molecule has 15 heavy (non-hydrogen) atoms. The maximum atomic E-state index is 4.39. The molecule has 0 atom stereocenters. The molecule has 0 unspecified atom stereocenters. The molecule has 0 fully saturated rings. The Kier molecular flexibility index (Phi) is 1.72. The molecule has 1 heteroatoms. The van der Waals surface area contributed by atoms with Gasteiger partial charge in [-0.05, 0) is 35.4 Å². The third kappa shape index (κ3) is 1.20.